The van der Waals surface area contributed by atoms with Crippen molar-refractivity contribution in [1.29, 1.82) is 5.26 Å². The minimum Gasteiger partial charge on any atom is -0.404 e. The van der Waals surface area contributed by atoms with Gasteiger partial charge in [0.05, 0.1) is 18.7 Å². The smallest absolute Gasteiger partial charge is 0.404 e. The number of alkyl halides is 4. The van der Waals surface area contributed by atoms with Crippen LogP contribution in [0.4, 0.5) is 17.6 Å². The lowest BCUT2D eigenvalue weighted by Crippen LogP contribution is -2.19. The molecule has 0 bridgehead atoms. The fraction of sp³-hybridized carbons (Fsp3) is 0.333. The van der Waals surface area contributed by atoms with Crippen molar-refractivity contribution in [2.24, 2.45) is 0 Å². The van der Waals surface area contributed by atoms with Gasteiger partial charge >= 0.3 is 6.36 Å². The minimum atomic E-state index is -4.90. The topological polar surface area (TPSA) is 45.9 Å². The molecule has 0 atom stereocenters. The Morgan fingerprint density at radius 1 is 1.41 bits per heavy atom. The molecule has 1 aromatic rings. The van der Waals surface area contributed by atoms with Crippen LogP contribution in [0, 0.1) is 15.0 Å². The van der Waals surface area contributed by atoms with E-state index in [-0.39, 0.29) is 21.2 Å². The van der Waals surface area contributed by atoms with E-state index in [1.54, 1.807) is 28.7 Å². The van der Waals surface area contributed by atoms with Crippen LogP contribution in [-0.4, -0.2) is 11.3 Å². The van der Waals surface area contributed by atoms with E-state index < -0.39 is 18.8 Å². The fourth-order valence-corrected chi connectivity index (χ4v) is 1.77. The van der Waals surface area contributed by atoms with Crippen LogP contribution in [0.5, 0.6) is 5.75 Å². The maximum absolute atomic E-state index is 12.7. The van der Waals surface area contributed by atoms with Gasteiger partial charge in [-0.15, -0.1) is 13.2 Å². The summed E-state index contributed by atoms with van der Waals surface area (Å²) in [7, 11) is 0. The van der Waals surface area contributed by atoms with Gasteiger partial charge in [-0.3, -0.25) is 0 Å². The van der Waals surface area contributed by atoms with E-state index in [1.165, 1.54) is 0 Å². The lowest BCUT2D eigenvalue weighted by atomic mass is 10.1. The summed E-state index contributed by atoms with van der Waals surface area (Å²) in [5, 5.41) is 8.52. The summed E-state index contributed by atoms with van der Waals surface area (Å²) in [6.07, 6.45) is -4.43. The minimum absolute atomic E-state index is 0.0473. The molecule has 0 amide bonds. The van der Waals surface area contributed by atoms with Gasteiger partial charge in [-0.05, 0) is 22.6 Å². The van der Waals surface area contributed by atoms with Gasteiger partial charge < -0.3 is 4.74 Å². The molecule has 1 rings (SSSR count). The molecule has 1 heterocycles. The molecule has 0 unspecified atom stereocenters. The zero-order valence-corrected chi connectivity index (χ0v) is 10.3. The number of nitrogens with zero attached hydrogens (tertiary/aromatic N) is 2. The van der Waals surface area contributed by atoms with Crippen LogP contribution < -0.4 is 4.74 Å². The second kappa shape index (κ2) is 5.48. The number of aromatic nitrogens is 1. The fourth-order valence-electron chi connectivity index (χ4n) is 1.17. The van der Waals surface area contributed by atoms with Gasteiger partial charge in [0.1, 0.15) is 10.4 Å². The Morgan fingerprint density at radius 3 is 2.53 bits per heavy atom. The standard InChI is InChI=1S/C9H5F4IN2O/c10-3-6-5(1-2-15)7(4-16-8(6)14)17-9(11,12)13/h4H,1,3H2. The Kier molecular flexibility index (Phi) is 4.50. The highest BCUT2D eigenvalue weighted by Gasteiger charge is 2.33. The van der Waals surface area contributed by atoms with Crippen molar-refractivity contribution in [2.75, 3.05) is 0 Å². The van der Waals surface area contributed by atoms with Crippen molar-refractivity contribution in [1.82, 2.24) is 4.98 Å². The van der Waals surface area contributed by atoms with Crippen molar-refractivity contribution in [3.63, 3.8) is 0 Å². The zero-order chi connectivity index (χ0) is 13.1. The van der Waals surface area contributed by atoms with Crippen molar-refractivity contribution in [3.8, 4) is 11.8 Å². The molecule has 1 aromatic heterocycles. The Balaban J connectivity index is 3.26. The SMILES string of the molecule is N#CCc1c(OC(F)(F)F)cnc(I)c1CF. The molecule has 17 heavy (non-hydrogen) atoms. The van der Waals surface area contributed by atoms with E-state index in [4.69, 9.17) is 5.26 Å². The average Bonchev–Trinajstić information content (AvgIpc) is 2.21. The summed E-state index contributed by atoms with van der Waals surface area (Å²) in [4.78, 5) is 3.59. The van der Waals surface area contributed by atoms with Crippen LogP contribution in [0.15, 0.2) is 6.20 Å². The summed E-state index contributed by atoms with van der Waals surface area (Å²) < 4.78 is 52.8. The molecule has 0 saturated heterocycles. The number of hydrogen-bond acceptors (Lipinski definition) is 3. The molecule has 92 valence electrons. The van der Waals surface area contributed by atoms with Gasteiger partial charge in [0, 0.05) is 11.1 Å². The maximum Gasteiger partial charge on any atom is 0.573 e. The highest BCUT2D eigenvalue weighted by molar-refractivity contribution is 14.1. The number of rotatable bonds is 3. The van der Waals surface area contributed by atoms with Crippen molar-refractivity contribution in [3.05, 3.63) is 21.0 Å². The summed E-state index contributed by atoms with van der Waals surface area (Å²) in [6, 6.07) is 1.67. The van der Waals surface area contributed by atoms with Crippen molar-refractivity contribution in [2.45, 2.75) is 19.5 Å². The van der Waals surface area contributed by atoms with Crippen LogP contribution in [0.1, 0.15) is 11.1 Å². The third kappa shape index (κ3) is 3.69. The Labute approximate surface area is 108 Å². The third-order valence-corrected chi connectivity index (χ3v) is 2.75. The Morgan fingerprint density at radius 2 is 2.06 bits per heavy atom. The molecule has 0 spiro atoms. The molecular formula is C9H5F4IN2O. The molecule has 0 saturated carbocycles. The van der Waals surface area contributed by atoms with Crippen LogP contribution in [-0.2, 0) is 13.1 Å². The van der Waals surface area contributed by atoms with Gasteiger partial charge in [-0.2, -0.15) is 5.26 Å². The van der Waals surface area contributed by atoms with Gasteiger partial charge in [-0.1, -0.05) is 0 Å². The summed E-state index contributed by atoms with van der Waals surface area (Å²) in [5.74, 6) is -0.632. The van der Waals surface area contributed by atoms with Gasteiger partial charge in [-0.25, -0.2) is 9.37 Å². The lowest BCUT2D eigenvalue weighted by molar-refractivity contribution is -0.275. The Bertz CT molecular complexity index is 456. The molecule has 0 aromatic carbocycles. The van der Waals surface area contributed by atoms with E-state index in [0.29, 0.717) is 0 Å². The van der Waals surface area contributed by atoms with E-state index >= 15 is 0 Å². The van der Waals surface area contributed by atoms with Crippen LogP contribution >= 0.6 is 22.6 Å². The quantitative estimate of drug-likeness (QED) is 0.473. The summed E-state index contributed by atoms with van der Waals surface area (Å²) >= 11 is 1.68. The predicted molar refractivity (Wildman–Crippen MR) is 57.8 cm³/mol. The highest BCUT2D eigenvalue weighted by atomic mass is 127. The van der Waals surface area contributed by atoms with Gasteiger partial charge in [0.15, 0.2) is 5.75 Å². The molecule has 0 aliphatic heterocycles. The first-order chi connectivity index (χ1) is 7.89. The molecular weight excluding hydrogens is 355 g/mol. The maximum atomic E-state index is 12.7. The number of hydrogen-bond donors (Lipinski definition) is 0. The first kappa shape index (κ1) is 14.0. The number of halogens is 5. The predicted octanol–water partition coefficient (Wildman–Crippen LogP) is 3.12. The third-order valence-electron chi connectivity index (χ3n) is 1.82. The molecule has 0 aliphatic rings. The van der Waals surface area contributed by atoms with E-state index in [2.05, 4.69) is 9.72 Å². The number of ether oxygens (including phenoxy) is 1. The molecule has 0 fully saturated rings. The zero-order valence-electron chi connectivity index (χ0n) is 8.18. The van der Waals surface area contributed by atoms with Crippen LogP contribution in [0.2, 0.25) is 0 Å². The van der Waals surface area contributed by atoms with Gasteiger partial charge in [0.2, 0.25) is 0 Å². The van der Waals surface area contributed by atoms with Crippen molar-refractivity contribution < 1.29 is 22.3 Å². The van der Waals surface area contributed by atoms with E-state index in [9.17, 15) is 17.6 Å². The largest absolute Gasteiger partial charge is 0.573 e. The average molecular weight is 360 g/mol. The second-order valence-electron chi connectivity index (χ2n) is 2.89. The summed E-state index contributed by atoms with van der Waals surface area (Å²) in [5.41, 5.74) is -0.166. The normalized spacial score (nSPS) is 11.1. The van der Waals surface area contributed by atoms with E-state index in [1.807, 2.05) is 0 Å². The lowest BCUT2D eigenvalue weighted by Gasteiger charge is -2.14. The highest BCUT2D eigenvalue weighted by Crippen LogP contribution is 2.30. The van der Waals surface area contributed by atoms with Gasteiger partial charge in [0.25, 0.3) is 0 Å². The molecule has 0 aliphatic carbocycles. The monoisotopic (exact) mass is 360 g/mol. The first-order valence-corrected chi connectivity index (χ1v) is 5.31. The molecule has 8 heteroatoms. The summed E-state index contributed by atoms with van der Waals surface area (Å²) in [6.45, 7) is -1.00. The Hall–Kier alpha value is -1.11. The second-order valence-corrected chi connectivity index (χ2v) is 3.91. The van der Waals surface area contributed by atoms with E-state index in [0.717, 1.165) is 6.20 Å². The molecule has 0 radical (unpaired) electrons. The number of pyridine rings is 1. The number of nitriles is 1. The molecule has 3 nitrogen and oxygen atoms in total. The van der Waals surface area contributed by atoms with Crippen LogP contribution in [0.3, 0.4) is 0 Å². The molecule has 0 N–H and O–H groups in total. The first-order valence-electron chi connectivity index (χ1n) is 4.24. The van der Waals surface area contributed by atoms with Crippen LogP contribution in [0.25, 0.3) is 0 Å². The van der Waals surface area contributed by atoms with Crippen molar-refractivity contribution >= 4 is 22.6 Å².